The Balaban J connectivity index is 1.22. The molecule has 0 saturated carbocycles. The Hall–Kier alpha value is -5.90. The SMILES string of the molecule is NN(c1ccc2c(c1)oc1ccc(-c3ccccc3)cc12)c1ccccc1C1(c2ccccc2)c2ccccc2-c2ccccc21. The molecule has 46 heavy (non-hydrogen) atoms. The van der Waals surface area contributed by atoms with Crippen LogP contribution in [0.1, 0.15) is 22.3 Å². The molecule has 218 valence electrons. The fraction of sp³-hybridized carbons (Fsp3) is 0.0233. The molecule has 3 nitrogen and oxygen atoms in total. The minimum absolute atomic E-state index is 0.556. The molecule has 7 aromatic carbocycles. The van der Waals surface area contributed by atoms with E-state index < -0.39 is 5.41 Å². The van der Waals surface area contributed by atoms with E-state index in [-0.39, 0.29) is 0 Å². The van der Waals surface area contributed by atoms with Gasteiger partial charge in [-0.25, -0.2) is 5.84 Å². The van der Waals surface area contributed by atoms with Crippen LogP contribution in [0.3, 0.4) is 0 Å². The minimum Gasteiger partial charge on any atom is -0.456 e. The number of hydrogen-bond acceptors (Lipinski definition) is 3. The Morgan fingerprint density at radius 2 is 1.07 bits per heavy atom. The smallest absolute Gasteiger partial charge is 0.137 e. The molecular weight excluding hydrogens is 560 g/mol. The molecule has 2 N–H and O–H groups in total. The predicted octanol–water partition coefficient (Wildman–Crippen LogP) is 10.6. The highest BCUT2D eigenvalue weighted by Gasteiger charge is 2.47. The van der Waals surface area contributed by atoms with Gasteiger partial charge in [0.25, 0.3) is 0 Å². The summed E-state index contributed by atoms with van der Waals surface area (Å²) < 4.78 is 6.40. The monoisotopic (exact) mass is 590 g/mol. The molecule has 0 amide bonds. The Bertz CT molecular complexity index is 2350. The number of nitrogens with two attached hydrogens (primary N) is 1. The Morgan fingerprint density at radius 1 is 0.457 bits per heavy atom. The summed E-state index contributed by atoms with van der Waals surface area (Å²) in [4.78, 5) is 0. The summed E-state index contributed by atoms with van der Waals surface area (Å²) >= 11 is 0. The molecule has 0 unspecified atom stereocenters. The second kappa shape index (κ2) is 10.3. The highest BCUT2D eigenvalue weighted by molar-refractivity contribution is 6.07. The van der Waals surface area contributed by atoms with Gasteiger partial charge in [-0.05, 0) is 74.8 Å². The third-order valence-corrected chi connectivity index (χ3v) is 9.57. The second-order valence-electron chi connectivity index (χ2n) is 12.0. The number of hydrazine groups is 1. The number of para-hydroxylation sites is 1. The van der Waals surface area contributed by atoms with Crippen molar-refractivity contribution in [2.24, 2.45) is 5.84 Å². The van der Waals surface area contributed by atoms with E-state index in [4.69, 9.17) is 10.3 Å². The molecular formula is C43H30N2O. The van der Waals surface area contributed by atoms with Crippen LogP contribution in [0.4, 0.5) is 11.4 Å². The molecule has 0 radical (unpaired) electrons. The largest absolute Gasteiger partial charge is 0.456 e. The molecule has 0 spiro atoms. The first-order valence-corrected chi connectivity index (χ1v) is 15.6. The van der Waals surface area contributed by atoms with Gasteiger partial charge in [0.2, 0.25) is 0 Å². The third kappa shape index (κ3) is 3.82. The van der Waals surface area contributed by atoms with Crippen molar-refractivity contribution in [2.45, 2.75) is 5.41 Å². The standard InChI is InChI=1S/C43H30N2O/c44-45(32-24-25-35-36-27-30(29-13-3-1-4-14-29)23-26-41(36)46-42(35)28-32)40-22-12-11-21-39(40)43(31-15-5-2-6-16-31)37-19-9-7-17-33(37)34-18-8-10-20-38(34)43/h1-28H,44H2. The van der Waals surface area contributed by atoms with Crippen molar-refractivity contribution in [1.29, 1.82) is 0 Å². The van der Waals surface area contributed by atoms with E-state index >= 15 is 0 Å². The van der Waals surface area contributed by atoms with Crippen molar-refractivity contribution in [3.05, 3.63) is 192 Å². The zero-order valence-corrected chi connectivity index (χ0v) is 25.1. The van der Waals surface area contributed by atoms with Gasteiger partial charge in [0.05, 0.1) is 16.8 Å². The van der Waals surface area contributed by atoms with Gasteiger partial charge >= 0.3 is 0 Å². The normalized spacial score (nSPS) is 13.1. The molecule has 0 bridgehead atoms. The summed E-state index contributed by atoms with van der Waals surface area (Å²) in [5.74, 6) is 7.14. The summed E-state index contributed by atoms with van der Waals surface area (Å²) in [6.07, 6.45) is 0. The average molecular weight is 591 g/mol. The summed E-state index contributed by atoms with van der Waals surface area (Å²) in [5, 5.41) is 3.97. The van der Waals surface area contributed by atoms with Crippen molar-refractivity contribution in [3.8, 4) is 22.3 Å². The maximum Gasteiger partial charge on any atom is 0.137 e. The lowest BCUT2D eigenvalue weighted by Crippen LogP contribution is -2.33. The van der Waals surface area contributed by atoms with Gasteiger partial charge in [-0.3, -0.25) is 5.01 Å². The van der Waals surface area contributed by atoms with Gasteiger partial charge in [0.1, 0.15) is 11.2 Å². The molecule has 1 aromatic heterocycles. The maximum absolute atomic E-state index is 7.14. The fourth-order valence-corrected chi connectivity index (χ4v) is 7.55. The first-order valence-electron chi connectivity index (χ1n) is 15.6. The molecule has 0 aliphatic heterocycles. The average Bonchev–Trinajstić information content (AvgIpc) is 3.65. The lowest BCUT2D eigenvalue weighted by atomic mass is 9.67. The molecule has 1 aliphatic carbocycles. The van der Waals surface area contributed by atoms with Gasteiger partial charge in [0, 0.05) is 16.8 Å². The van der Waals surface area contributed by atoms with E-state index in [1.807, 2.05) is 11.1 Å². The second-order valence-corrected chi connectivity index (χ2v) is 12.0. The molecule has 9 rings (SSSR count). The van der Waals surface area contributed by atoms with Crippen molar-refractivity contribution in [2.75, 3.05) is 5.01 Å². The van der Waals surface area contributed by atoms with E-state index in [1.54, 1.807) is 0 Å². The molecule has 0 saturated heterocycles. The fourth-order valence-electron chi connectivity index (χ4n) is 7.55. The van der Waals surface area contributed by atoms with Gasteiger partial charge in [-0.1, -0.05) is 133 Å². The van der Waals surface area contributed by atoms with Crippen LogP contribution in [0.25, 0.3) is 44.2 Å². The van der Waals surface area contributed by atoms with Crippen molar-refractivity contribution in [1.82, 2.24) is 0 Å². The van der Waals surface area contributed by atoms with Crippen molar-refractivity contribution >= 4 is 33.3 Å². The van der Waals surface area contributed by atoms with E-state index in [2.05, 4.69) is 164 Å². The highest BCUT2D eigenvalue weighted by Crippen LogP contribution is 2.57. The Morgan fingerprint density at radius 3 is 1.78 bits per heavy atom. The number of furan rings is 1. The third-order valence-electron chi connectivity index (χ3n) is 9.57. The molecule has 0 atom stereocenters. The van der Waals surface area contributed by atoms with Crippen LogP contribution in [0.5, 0.6) is 0 Å². The van der Waals surface area contributed by atoms with Gasteiger partial charge in [0.15, 0.2) is 0 Å². The number of nitrogens with zero attached hydrogens (tertiary/aromatic N) is 1. The van der Waals surface area contributed by atoms with Crippen LogP contribution >= 0.6 is 0 Å². The van der Waals surface area contributed by atoms with E-state index in [9.17, 15) is 0 Å². The van der Waals surface area contributed by atoms with Crippen LogP contribution in [0, 0.1) is 0 Å². The van der Waals surface area contributed by atoms with Gasteiger partial charge in [-0.15, -0.1) is 0 Å². The quantitative estimate of drug-likeness (QED) is 0.160. The first-order chi connectivity index (χ1) is 22.7. The number of fused-ring (bicyclic) bond motifs is 6. The van der Waals surface area contributed by atoms with Crippen LogP contribution in [-0.4, -0.2) is 0 Å². The Kier molecular flexibility index (Phi) is 5.95. The summed E-state index contributed by atoms with van der Waals surface area (Å²) in [6.45, 7) is 0. The topological polar surface area (TPSA) is 42.4 Å². The van der Waals surface area contributed by atoms with Gasteiger partial charge < -0.3 is 4.42 Å². The zero-order valence-electron chi connectivity index (χ0n) is 25.1. The maximum atomic E-state index is 7.14. The van der Waals surface area contributed by atoms with E-state index in [1.165, 1.54) is 33.4 Å². The van der Waals surface area contributed by atoms with Crippen LogP contribution in [-0.2, 0) is 5.41 Å². The molecule has 3 heteroatoms. The number of anilines is 2. The lowest BCUT2D eigenvalue weighted by molar-refractivity contribution is 0.669. The molecule has 1 aliphatic rings. The molecule has 1 heterocycles. The van der Waals surface area contributed by atoms with Gasteiger partial charge in [-0.2, -0.15) is 0 Å². The predicted molar refractivity (Wildman–Crippen MR) is 189 cm³/mol. The molecule has 8 aromatic rings. The summed E-state index contributed by atoms with van der Waals surface area (Å²) in [5.41, 5.74) is 12.6. The lowest BCUT2D eigenvalue weighted by Gasteiger charge is -2.37. The van der Waals surface area contributed by atoms with Crippen molar-refractivity contribution < 1.29 is 4.42 Å². The Labute approximate surface area is 267 Å². The highest BCUT2D eigenvalue weighted by atomic mass is 16.3. The van der Waals surface area contributed by atoms with Crippen molar-refractivity contribution in [3.63, 3.8) is 0 Å². The number of rotatable bonds is 5. The minimum atomic E-state index is -0.556. The first kappa shape index (κ1) is 26.5. The van der Waals surface area contributed by atoms with Crippen LogP contribution in [0.15, 0.2) is 174 Å². The van der Waals surface area contributed by atoms with Crippen LogP contribution in [0.2, 0.25) is 0 Å². The van der Waals surface area contributed by atoms with E-state index in [0.29, 0.717) is 0 Å². The van der Waals surface area contributed by atoms with Crippen LogP contribution < -0.4 is 10.9 Å². The summed E-state index contributed by atoms with van der Waals surface area (Å²) in [7, 11) is 0. The summed E-state index contributed by atoms with van der Waals surface area (Å²) in [6, 6.07) is 60.0. The zero-order chi connectivity index (χ0) is 30.7. The molecule has 0 fully saturated rings. The van der Waals surface area contributed by atoms with E-state index in [0.717, 1.165) is 44.4 Å². The number of hydrogen-bond donors (Lipinski definition) is 1. The number of benzene rings is 7.